The van der Waals surface area contributed by atoms with Crippen molar-refractivity contribution in [1.29, 1.82) is 0 Å². The minimum absolute atomic E-state index is 0.201. The maximum Gasteiger partial charge on any atom is 0.271 e. The van der Waals surface area contributed by atoms with Gasteiger partial charge in [0.05, 0.1) is 12.5 Å². The number of aliphatic hydroxyl groups is 2. The fourth-order valence-corrected chi connectivity index (χ4v) is 1.57. The number of primary amides is 1. The Morgan fingerprint density at radius 1 is 1.30 bits per heavy atom. The predicted molar refractivity (Wildman–Crippen MR) is 69.0 cm³/mol. The molecule has 0 aromatic heterocycles. The lowest BCUT2D eigenvalue weighted by Crippen LogP contribution is -2.34. The third-order valence-corrected chi connectivity index (χ3v) is 2.53. The largest absolute Gasteiger partial charge is 0.483 e. The number of para-hydroxylation sites is 1. The van der Waals surface area contributed by atoms with Gasteiger partial charge in [0.15, 0.2) is 6.61 Å². The number of hydrogen-bond donors (Lipinski definition) is 5. The molecule has 2 unspecified atom stereocenters. The molecule has 8 heteroatoms. The second-order valence-electron chi connectivity index (χ2n) is 4.08. The number of hydrazine groups is 1. The van der Waals surface area contributed by atoms with Crippen LogP contribution in [0.15, 0.2) is 24.3 Å². The number of carbonyl (C=O) groups excluding carboxylic acids is 2. The van der Waals surface area contributed by atoms with E-state index in [9.17, 15) is 19.8 Å². The summed E-state index contributed by atoms with van der Waals surface area (Å²) in [5.41, 5.74) is 7.09. The van der Waals surface area contributed by atoms with Crippen LogP contribution < -0.4 is 21.7 Å². The van der Waals surface area contributed by atoms with E-state index < -0.39 is 30.4 Å². The Bertz CT molecular complexity index is 480. The molecule has 0 spiro atoms. The first-order valence-electron chi connectivity index (χ1n) is 5.81. The van der Waals surface area contributed by atoms with Gasteiger partial charge in [-0.05, 0) is 6.07 Å². The van der Waals surface area contributed by atoms with Crippen molar-refractivity contribution in [3.63, 3.8) is 0 Å². The van der Waals surface area contributed by atoms with Crippen molar-refractivity contribution in [1.82, 2.24) is 5.43 Å². The molecule has 20 heavy (non-hydrogen) atoms. The van der Waals surface area contributed by atoms with E-state index in [0.717, 1.165) is 0 Å². The molecule has 0 heterocycles. The highest BCUT2D eigenvalue weighted by Gasteiger charge is 2.23. The lowest BCUT2D eigenvalue weighted by molar-refractivity contribution is -0.123. The third-order valence-electron chi connectivity index (χ3n) is 2.53. The van der Waals surface area contributed by atoms with Crippen molar-refractivity contribution in [3.05, 3.63) is 29.8 Å². The molecule has 110 valence electrons. The van der Waals surface area contributed by atoms with Gasteiger partial charge in [0, 0.05) is 5.56 Å². The SMILES string of the molecule is NNC(=O)COc1ccccc1C(O)C(O)CC(N)=O. The van der Waals surface area contributed by atoms with Crippen LogP contribution >= 0.6 is 0 Å². The number of nitrogens with two attached hydrogens (primary N) is 2. The van der Waals surface area contributed by atoms with Crippen LogP contribution in [0.3, 0.4) is 0 Å². The zero-order valence-corrected chi connectivity index (χ0v) is 10.7. The lowest BCUT2D eigenvalue weighted by Gasteiger charge is -2.19. The van der Waals surface area contributed by atoms with E-state index in [2.05, 4.69) is 0 Å². The number of ether oxygens (including phenoxy) is 1. The van der Waals surface area contributed by atoms with Gasteiger partial charge < -0.3 is 20.7 Å². The Balaban J connectivity index is 2.83. The van der Waals surface area contributed by atoms with Crippen molar-refractivity contribution in [2.45, 2.75) is 18.6 Å². The Labute approximate surface area is 115 Å². The summed E-state index contributed by atoms with van der Waals surface area (Å²) in [6.45, 7) is -0.341. The minimum atomic E-state index is -1.36. The number of amides is 2. The number of nitrogens with one attached hydrogen (secondary N) is 1. The molecule has 0 aliphatic carbocycles. The Morgan fingerprint density at radius 3 is 2.55 bits per heavy atom. The number of aliphatic hydroxyl groups excluding tert-OH is 2. The summed E-state index contributed by atoms with van der Waals surface area (Å²) in [4.78, 5) is 21.7. The summed E-state index contributed by atoms with van der Waals surface area (Å²) in [6, 6.07) is 6.27. The van der Waals surface area contributed by atoms with Gasteiger partial charge in [0.1, 0.15) is 11.9 Å². The molecule has 0 aliphatic rings. The van der Waals surface area contributed by atoms with Crippen LogP contribution in [0.1, 0.15) is 18.1 Å². The number of benzene rings is 1. The molecule has 0 aliphatic heterocycles. The van der Waals surface area contributed by atoms with Gasteiger partial charge in [-0.15, -0.1) is 0 Å². The molecule has 0 saturated carbocycles. The highest BCUT2D eigenvalue weighted by molar-refractivity contribution is 5.76. The quantitative estimate of drug-likeness (QED) is 0.229. The fourth-order valence-electron chi connectivity index (χ4n) is 1.57. The summed E-state index contributed by atoms with van der Waals surface area (Å²) in [6.07, 6.45) is -3.11. The molecule has 0 radical (unpaired) electrons. The number of rotatable bonds is 7. The van der Waals surface area contributed by atoms with Gasteiger partial charge in [-0.1, -0.05) is 18.2 Å². The zero-order valence-electron chi connectivity index (χ0n) is 10.7. The van der Waals surface area contributed by atoms with Crippen LogP contribution in [0.25, 0.3) is 0 Å². The topological polar surface area (TPSA) is 148 Å². The average molecular weight is 283 g/mol. The van der Waals surface area contributed by atoms with Crippen LogP contribution in [0, 0.1) is 0 Å². The standard InChI is InChI=1S/C12H17N3O5/c13-10(17)5-8(16)12(19)7-3-1-2-4-9(7)20-6-11(18)15-14/h1-4,8,12,16,19H,5-6,14H2,(H2,13,17)(H,15,18). The van der Waals surface area contributed by atoms with Crippen molar-refractivity contribution in [2.24, 2.45) is 11.6 Å². The smallest absolute Gasteiger partial charge is 0.271 e. The van der Waals surface area contributed by atoms with Crippen molar-refractivity contribution in [2.75, 3.05) is 6.61 Å². The molecule has 0 bridgehead atoms. The highest BCUT2D eigenvalue weighted by atomic mass is 16.5. The summed E-state index contributed by atoms with van der Waals surface area (Å²) in [5, 5.41) is 19.7. The normalized spacial score (nSPS) is 13.3. The van der Waals surface area contributed by atoms with E-state index in [1.807, 2.05) is 5.43 Å². The van der Waals surface area contributed by atoms with Gasteiger partial charge >= 0.3 is 0 Å². The molecule has 0 fully saturated rings. The van der Waals surface area contributed by atoms with Crippen LogP contribution in [0.4, 0.5) is 0 Å². The second kappa shape index (κ2) is 7.43. The van der Waals surface area contributed by atoms with Crippen molar-refractivity contribution >= 4 is 11.8 Å². The van der Waals surface area contributed by atoms with Crippen LogP contribution in [-0.2, 0) is 9.59 Å². The zero-order chi connectivity index (χ0) is 15.1. The molecule has 0 saturated heterocycles. The van der Waals surface area contributed by atoms with E-state index in [0.29, 0.717) is 0 Å². The first kappa shape index (κ1) is 15.9. The monoisotopic (exact) mass is 283 g/mol. The van der Waals surface area contributed by atoms with Gasteiger partial charge in [0.2, 0.25) is 5.91 Å². The maximum absolute atomic E-state index is 11.0. The summed E-state index contributed by atoms with van der Waals surface area (Å²) < 4.78 is 5.19. The molecular formula is C12H17N3O5. The minimum Gasteiger partial charge on any atom is -0.483 e. The molecule has 1 aromatic rings. The Morgan fingerprint density at radius 2 is 1.95 bits per heavy atom. The molecular weight excluding hydrogens is 266 g/mol. The van der Waals surface area contributed by atoms with E-state index in [-0.39, 0.29) is 17.9 Å². The highest BCUT2D eigenvalue weighted by Crippen LogP contribution is 2.28. The summed E-state index contributed by atoms with van der Waals surface area (Å²) >= 11 is 0. The van der Waals surface area contributed by atoms with Gasteiger partial charge in [0.25, 0.3) is 5.91 Å². The van der Waals surface area contributed by atoms with E-state index in [4.69, 9.17) is 16.3 Å². The number of hydrogen-bond acceptors (Lipinski definition) is 6. The Kier molecular flexibility index (Phi) is 5.91. The molecule has 2 atom stereocenters. The van der Waals surface area contributed by atoms with E-state index in [1.54, 1.807) is 12.1 Å². The summed E-state index contributed by atoms with van der Waals surface area (Å²) in [7, 11) is 0. The molecule has 8 nitrogen and oxygen atoms in total. The Hall–Kier alpha value is -2.16. The lowest BCUT2D eigenvalue weighted by atomic mass is 10.0. The first-order valence-corrected chi connectivity index (χ1v) is 5.81. The van der Waals surface area contributed by atoms with Gasteiger partial charge in [-0.2, -0.15) is 0 Å². The molecule has 2 amide bonds. The van der Waals surface area contributed by atoms with Crippen LogP contribution in [0.5, 0.6) is 5.75 Å². The third kappa shape index (κ3) is 4.50. The summed E-state index contributed by atoms with van der Waals surface area (Å²) in [5.74, 6) is 3.83. The van der Waals surface area contributed by atoms with Crippen LogP contribution in [-0.4, -0.2) is 34.7 Å². The average Bonchev–Trinajstić information content (AvgIpc) is 2.43. The van der Waals surface area contributed by atoms with E-state index >= 15 is 0 Å². The molecule has 1 rings (SSSR count). The van der Waals surface area contributed by atoms with Gasteiger partial charge in [-0.3, -0.25) is 15.0 Å². The van der Waals surface area contributed by atoms with Crippen molar-refractivity contribution in [3.8, 4) is 5.75 Å². The second-order valence-corrected chi connectivity index (χ2v) is 4.08. The number of carbonyl (C=O) groups is 2. The first-order chi connectivity index (χ1) is 9.45. The molecule has 1 aromatic carbocycles. The van der Waals surface area contributed by atoms with E-state index in [1.165, 1.54) is 12.1 Å². The molecule has 7 N–H and O–H groups in total. The van der Waals surface area contributed by atoms with Crippen LogP contribution in [0.2, 0.25) is 0 Å². The maximum atomic E-state index is 11.0. The van der Waals surface area contributed by atoms with Crippen molar-refractivity contribution < 1.29 is 24.5 Å². The predicted octanol–water partition coefficient (Wildman–Crippen LogP) is -1.67. The van der Waals surface area contributed by atoms with Gasteiger partial charge in [-0.25, -0.2) is 5.84 Å². The fraction of sp³-hybridized carbons (Fsp3) is 0.333.